The Morgan fingerprint density at radius 3 is 2.08 bits per heavy atom. The average molecular weight is 685 g/mol. The maximum absolute atomic E-state index is 13.5. The first-order valence-corrected chi connectivity index (χ1v) is 18.1. The molecule has 2 fully saturated rings. The van der Waals surface area contributed by atoms with Crippen LogP contribution in [0.1, 0.15) is 133 Å². The Labute approximate surface area is 293 Å². The van der Waals surface area contributed by atoms with Crippen molar-refractivity contribution in [1.29, 1.82) is 0 Å². The minimum atomic E-state index is -4.78. The number of likely N-dealkylation sites (tertiary alicyclic amines) is 1. The van der Waals surface area contributed by atoms with E-state index < -0.39 is 11.8 Å². The Morgan fingerprint density at radius 2 is 1.57 bits per heavy atom. The van der Waals surface area contributed by atoms with Crippen LogP contribution in [0.5, 0.6) is 5.75 Å². The molecule has 2 heterocycles. The molecule has 0 radical (unpaired) electrons. The number of Topliss-reactive ketones (excluding diaryl/α,β-unsaturated/α-hetero) is 1. The van der Waals surface area contributed by atoms with Crippen molar-refractivity contribution in [2.24, 2.45) is 5.41 Å². The predicted octanol–water partition coefficient (Wildman–Crippen LogP) is 11.0. The number of ketones is 1. The molecule has 2 aliphatic heterocycles. The average Bonchev–Trinajstić information content (AvgIpc) is 3.13. The molecule has 1 spiro atoms. The van der Waals surface area contributed by atoms with Crippen LogP contribution in [-0.2, 0) is 11.2 Å². The second-order valence-electron chi connectivity index (χ2n) is 13.4. The van der Waals surface area contributed by atoms with E-state index in [0.29, 0.717) is 24.1 Å². The first-order valence-electron chi connectivity index (χ1n) is 18.1. The fourth-order valence-electron chi connectivity index (χ4n) is 6.15. The molecule has 3 aliphatic rings. The number of ether oxygens (including phenoxy) is 1. The third-order valence-corrected chi connectivity index (χ3v) is 9.22. The Balaban J connectivity index is 0.000000593. The molecule has 0 aromatic heterocycles. The summed E-state index contributed by atoms with van der Waals surface area (Å²) in [6, 6.07) is 11.6. The second kappa shape index (κ2) is 20.3. The van der Waals surface area contributed by atoms with Crippen molar-refractivity contribution in [3.05, 3.63) is 81.9 Å². The number of amides is 1. The van der Waals surface area contributed by atoms with Crippen LogP contribution in [0.3, 0.4) is 0 Å². The molecule has 0 bridgehead atoms. The summed E-state index contributed by atoms with van der Waals surface area (Å²) in [6.07, 6.45) is 7.81. The minimum Gasteiger partial charge on any atom is -0.406 e. The lowest BCUT2D eigenvalue weighted by Gasteiger charge is -2.40. The normalized spacial score (nSPS) is 17.1. The van der Waals surface area contributed by atoms with E-state index in [1.807, 2.05) is 26.0 Å². The molecule has 1 aliphatic carbocycles. The molecule has 8 heteroatoms. The van der Waals surface area contributed by atoms with Gasteiger partial charge in [0.05, 0.1) is 5.41 Å². The van der Waals surface area contributed by atoms with Gasteiger partial charge < -0.3 is 15.0 Å². The van der Waals surface area contributed by atoms with Gasteiger partial charge in [-0.25, -0.2) is 0 Å². The summed E-state index contributed by atoms with van der Waals surface area (Å²) in [6.45, 7) is 18.6. The summed E-state index contributed by atoms with van der Waals surface area (Å²) in [4.78, 5) is 27.7. The maximum Gasteiger partial charge on any atom is 0.573 e. The highest BCUT2D eigenvalue weighted by molar-refractivity contribution is 5.95. The molecule has 5 nitrogen and oxygen atoms in total. The Hall–Kier alpha value is -3.39. The number of piperidine rings is 1. The molecule has 0 unspecified atom stereocenters. The molecule has 49 heavy (non-hydrogen) atoms. The van der Waals surface area contributed by atoms with Gasteiger partial charge >= 0.3 is 6.36 Å². The Morgan fingerprint density at radius 1 is 0.959 bits per heavy atom. The third kappa shape index (κ3) is 13.1. The number of nitrogens with zero attached hydrogens (tertiary/aromatic N) is 1. The van der Waals surface area contributed by atoms with E-state index in [1.54, 1.807) is 18.6 Å². The lowest BCUT2D eigenvalue weighted by Crippen LogP contribution is -2.48. The van der Waals surface area contributed by atoms with Crippen LogP contribution >= 0.6 is 0 Å². The highest BCUT2D eigenvalue weighted by Gasteiger charge is 2.42. The lowest BCUT2D eigenvalue weighted by molar-refractivity contribution is -0.274. The van der Waals surface area contributed by atoms with Crippen molar-refractivity contribution < 1.29 is 27.5 Å². The Kier molecular flexibility index (Phi) is 17.3. The van der Waals surface area contributed by atoms with Crippen LogP contribution in [-0.4, -0.2) is 42.6 Å². The van der Waals surface area contributed by atoms with Gasteiger partial charge in [-0.05, 0) is 121 Å². The lowest BCUT2D eigenvalue weighted by atomic mass is 9.74. The number of allylic oxidation sites excluding steroid dienone is 3. The summed E-state index contributed by atoms with van der Waals surface area (Å²) < 4.78 is 42.1. The number of hydrogen-bond acceptors (Lipinski definition) is 4. The van der Waals surface area contributed by atoms with Crippen molar-refractivity contribution in [2.75, 3.05) is 19.6 Å². The molecular weight excluding hydrogens is 625 g/mol. The quantitative estimate of drug-likeness (QED) is 0.243. The largest absolute Gasteiger partial charge is 0.573 e. The first kappa shape index (κ1) is 41.8. The van der Waals surface area contributed by atoms with E-state index >= 15 is 0 Å². The van der Waals surface area contributed by atoms with Crippen molar-refractivity contribution in [3.8, 4) is 5.75 Å². The molecule has 0 atom stereocenters. The standard InChI is InChI=1S/C29H33F3N2O3.C6H10.2C3H8/c1-19-10-12-28(27(36)33-26(19)23-7-4-8-24(18-23)37-29(30,31)32)13-16-34(17-14-28)15-11-22-6-5-9-25(20(22)2)21(3)35;1-2-6-4-3-5-6;2*1-3-2/h4-9,18H,10-17H2,1-3H3,(H,33,36);2H,3-5H2,1H3;2*3H2,1-2H3. The zero-order valence-electron chi connectivity index (χ0n) is 31.1. The van der Waals surface area contributed by atoms with E-state index in [-0.39, 0.29) is 17.4 Å². The zero-order chi connectivity index (χ0) is 36.6. The number of hydrogen-bond donors (Lipinski definition) is 1. The van der Waals surface area contributed by atoms with E-state index in [0.717, 1.165) is 55.6 Å². The molecule has 1 N–H and O–H groups in total. The summed E-state index contributed by atoms with van der Waals surface area (Å²) in [5.41, 5.74) is 6.13. The van der Waals surface area contributed by atoms with Crippen LogP contribution in [0.25, 0.3) is 5.70 Å². The number of nitrogens with one attached hydrogen (secondary N) is 1. The highest BCUT2D eigenvalue weighted by atomic mass is 19.4. The predicted molar refractivity (Wildman–Crippen MR) is 196 cm³/mol. The fourth-order valence-corrected chi connectivity index (χ4v) is 6.15. The van der Waals surface area contributed by atoms with Crippen LogP contribution in [0.2, 0.25) is 0 Å². The molecule has 272 valence electrons. The van der Waals surface area contributed by atoms with Crippen molar-refractivity contribution >= 4 is 17.4 Å². The van der Waals surface area contributed by atoms with E-state index in [1.165, 1.54) is 55.9 Å². The maximum atomic E-state index is 13.5. The van der Waals surface area contributed by atoms with Crippen LogP contribution in [0.4, 0.5) is 13.2 Å². The minimum absolute atomic E-state index is 0.0638. The second-order valence-corrected chi connectivity index (χ2v) is 13.4. The van der Waals surface area contributed by atoms with E-state index in [4.69, 9.17) is 0 Å². The highest BCUT2D eigenvalue weighted by Crippen LogP contribution is 2.41. The van der Waals surface area contributed by atoms with Gasteiger partial charge in [-0.2, -0.15) is 0 Å². The van der Waals surface area contributed by atoms with Crippen LogP contribution in [0, 0.1) is 12.3 Å². The monoisotopic (exact) mass is 684 g/mol. The summed E-state index contributed by atoms with van der Waals surface area (Å²) in [7, 11) is 0. The number of benzene rings is 2. The van der Waals surface area contributed by atoms with Gasteiger partial charge in [0.25, 0.3) is 0 Å². The van der Waals surface area contributed by atoms with Crippen LogP contribution in [0.15, 0.2) is 59.7 Å². The van der Waals surface area contributed by atoms with Gasteiger partial charge in [-0.15, -0.1) is 13.2 Å². The fraction of sp³-hybridized carbons (Fsp3) is 0.561. The van der Waals surface area contributed by atoms with E-state index in [2.05, 4.69) is 61.7 Å². The number of rotatable bonds is 6. The zero-order valence-corrected chi connectivity index (χ0v) is 31.1. The molecular formula is C41H59F3N2O3. The molecule has 1 saturated heterocycles. The number of carbonyl (C=O) groups is 2. The third-order valence-electron chi connectivity index (χ3n) is 9.22. The van der Waals surface area contributed by atoms with Gasteiger partial charge in [-0.1, -0.05) is 82.5 Å². The van der Waals surface area contributed by atoms with E-state index in [9.17, 15) is 22.8 Å². The SMILES string of the molecule is CC(=O)c1cccc(CCN2CCC3(CCC(C)=C(c4cccc(OC(F)(F)F)c4)NC3=O)CC2)c1C.CC=C1CCC1.CCC.CCC. The van der Waals surface area contributed by atoms with Gasteiger partial charge in [-0.3, -0.25) is 9.59 Å². The number of alkyl halides is 3. The Bertz CT molecular complexity index is 1410. The number of carbonyl (C=O) groups excluding carboxylic acids is 2. The van der Waals surface area contributed by atoms with Gasteiger partial charge in [0.2, 0.25) is 5.91 Å². The summed E-state index contributed by atoms with van der Waals surface area (Å²) >= 11 is 0. The van der Waals surface area contributed by atoms with Gasteiger partial charge in [0.15, 0.2) is 5.78 Å². The van der Waals surface area contributed by atoms with Crippen molar-refractivity contribution in [1.82, 2.24) is 10.2 Å². The first-order chi connectivity index (χ1) is 23.2. The van der Waals surface area contributed by atoms with Gasteiger partial charge in [0, 0.05) is 23.4 Å². The molecule has 1 saturated carbocycles. The topological polar surface area (TPSA) is 58.6 Å². The molecule has 2 aromatic carbocycles. The van der Waals surface area contributed by atoms with Crippen LogP contribution < -0.4 is 10.1 Å². The summed E-state index contributed by atoms with van der Waals surface area (Å²) in [5.74, 6) is -0.302. The smallest absolute Gasteiger partial charge is 0.406 e. The van der Waals surface area contributed by atoms with Gasteiger partial charge in [0.1, 0.15) is 5.75 Å². The molecule has 5 rings (SSSR count). The van der Waals surface area contributed by atoms with Crippen molar-refractivity contribution in [3.63, 3.8) is 0 Å². The van der Waals surface area contributed by atoms with Crippen molar-refractivity contribution in [2.45, 2.75) is 126 Å². The molecule has 1 amide bonds. The number of halogens is 3. The summed E-state index contributed by atoms with van der Waals surface area (Å²) in [5, 5.41) is 3.05. The molecule has 2 aromatic rings.